The molecule has 0 amide bonds. The Kier molecular flexibility index (Phi) is 4.06. The summed E-state index contributed by atoms with van der Waals surface area (Å²) < 4.78 is 5.37. The van der Waals surface area contributed by atoms with Crippen molar-refractivity contribution in [1.29, 1.82) is 0 Å². The molecule has 2 nitrogen and oxygen atoms in total. The standard InChI is InChI=1S/C10H14ClNO/c1-2-6-13-7-8-4-3-5-9(11)10(8)12/h3-5H,2,6-7,12H2,1H3. The smallest absolute Gasteiger partial charge is 0.0737 e. The second-order valence-electron chi connectivity index (χ2n) is 2.87. The molecule has 72 valence electrons. The number of para-hydroxylation sites is 1. The van der Waals surface area contributed by atoms with Crippen molar-refractivity contribution in [1.82, 2.24) is 0 Å². The maximum Gasteiger partial charge on any atom is 0.0737 e. The van der Waals surface area contributed by atoms with Crippen LogP contribution in [0.1, 0.15) is 18.9 Å². The second kappa shape index (κ2) is 5.10. The summed E-state index contributed by atoms with van der Waals surface area (Å²) in [6.07, 6.45) is 1.01. The summed E-state index contributed by atoms with van der Waals surface area (Å²) in [5.41, 5.74) is 7.34. The van der Waals surface area contributed by atoms with Crippen LogP contribution in [0, 0.1) is 0 Å². The van der Waals surface area contributed by atoms with Gasteiger partial charge >= 0.3 is 0 Å². The number of nitrogen functional groups attached to an aromatic ring is 1. The van der Waals surface area contributed by atoms with Gasteiger partial charge in [0.25, 0.3) is 0 Å². The van der Waals surface area contributed by atoms with Crippen molar-refractivity contribution in [2.75, 3.05) is 12.3 Å². The van der Waals surface area contributed by atoms with Gasteiger partial charge in [-0.05, 0) is 12.5 Å². The van der Waals surface area contributed by atoms with Gasteiger partial charge in [0, 0.05) is 12.2 Å². The van der Waals surface area contributed by atoms with E-state index in [2.05, 4.69) is 6.92 Å². The third-order valence-corrected chi connectivity index (χ3v) is 2.08. The monoisotopic (exact) mass is 199 g/mol. The van der Waals surface area contributed by atoms with Crippen LogP contribution in [-0.4, -0.2) is 6.61 Å². The molecule has 3 heteroatoms. The molecular weight excluding hydrogens is 186 g/mol. The lowest BCUT2D eigenvalue weighted by Crippen LogP contribution is -1.99. The van der Waals surface area contributed by atoms with E-state index in [0.717, 1.165) is 18.6 Å². The van der Waals surface area contributed by atoms with E-state index in [1.165, 1.54) is 0 Å². The molecule has 0 aromatic heterocycles. The first-order valence-corrected chi connectivity index (χ1v) is 4.74. The molecular formula is C10H14ClNO. The average Bonchev–Trinajstić information content (AvgIpc) is 2.13. The number of rotatable bonds is 4. The summed E-state index contributed by atoms with van der Waals surface area (Å²) in [6.45, 7) is 3.37. The van der Waals surface area contributed by atoms with Gasteiger partial charge in [-0.15, -0.1) is 0 Å². The number of nitrogens with two attached hydrogens (primary N) is 1. The minimum absolute atomic E-state index is 0.542. The number of benzene rings is 1. The van der Waals surface area contributed by atoms with Gasteiger partial charge in [-0.1, -0.05) is 30.7 Å². The van der Waals surface area contributed by atoms with Gasteiger partial charge in [0.2, 0.25) is 0 Å². The Hall–Kier alpha value is -0.730. The van der Waals surface area contributed by atoms with Crippen LogP contribution < -0.4 is 5.73 Å². The Balaban J connectivity index is 2.61. The summed E-state index contributed by atoms with van der Waals surface area (Å²) >= 11 is 5.85. The number of hydrogen-bond acceptors (Lipinski definition) is 2. The van der Waals surface area contributed by atoms with E-state index in [-0.39, 0.29) is 0 Å². The van der Waals surface area contributed by atoms with Crippen LogP contribution in [0.4, 0.5) is 5.69 Å². The van der Waals surface area contributed by atoms with Crippen molar-refractivity contribution in [3.05, 3.63) is 28.8 Å². The Morgan fingerprint density at radius 2 is 2.23 bits per heavy atom. The van der Waals surface area contributed by atoms with Crippen molar-refractivity contribution in [2.45, 2.75) is 20.0 Å². The van der Waals surface area contributed by atoms with E-state index in [1.54, 1.807) is 6.07 Å². The summed E-state index contributed by atoms with van der Waals surface area (Å²) in [5.74, 6) is 0. The molecule has 0 aliphatic rings. The van der Waals surface area contributed by atoms with E-state index < -0.39 is 0 Å². The first-order chi connectivity index (χ1) is 6.25. The number of hydrogen-bond donors (Lipinski definition) is 1. The summed E-state index contributed by atoms with van der Waals surface area (Å²) in [7, 11) is 0. The fraction of sp³-hybridized carbons (Fsp3) is 0.400. The largest absolute Gasteiger partial charge is 0.397 e. The van der Waals surface area contributed by atoms with Gasteiger partial charge in [-0.3, -0.25) is 0 Å². The Morgan fingerprint density at radius 3 is 2.92 bits per heavy atom. The zero-order chi connectivity index (χ0) is 9.68. The fourth-order valence-electron chi connectivity index (χ4n) is 1.03. The quantitative estimate of drug-likeness (QED) is 0.598. The third kappa shape index (κ3) is 2.90. The molecule has 0 fully saturated rings. The molecule has 2 N–H and O–H groups in total. The molecule has 0 aliphatic carbocycles. The average molecular weight is 200 g/mol. The Bertz CT molecular complexity index is 276. The minimum Gasteiger partial charge on any atom is -0.397 e. The van der Waals surface area contributed by atoms with Crippen LogP contribution >= 0.6 is 11.6 Å². The molecule has 13 heavy (non-hydrogen) atoms. The lowest BCUT2D eigenvalue weighted by molar-refractivity contribution is 0.122. The van der Waals surface area contributed by atoms with Gasteiger partial charge in [-0.25, -0.2) is 0 Å². The Morgan fingerprint density at radius 1 is 1.46 bits per heavy atom. The second-order valence-corrected chi connectivity index (χ2v) is 3.27. The molecule has 1 aromatic rings. The Labute approximate surface area is 83.6 Å². The van der Waals surface area contributed by atoms with Crippen LogP contribution in [-0.2, 0) is 11.3 Å². The van der Waals surface area contributed by atoms with E-state index in [4.69, 9.17) is 22.1 Å². The molecule has 0 bridgehead atoms. The maximum atomic E-state index is 5.85. The van der Waals surface area contributed by atoms with E-state index >= 15 is 0 Å². The SMILES string of the molecule is CCCOCc1cccc(Cl)c1N. The molecule has 1 rings (SSSR count). The zero-order valence-corrected chi connectivity index (χ0v) is 8.47. The third-order valence-electron chi connectivity index (χ3n) is 1.75. The van der Waals surface area contributed by atoms with Crippen molar-refractivity contribution < 1.29 is 4.74 Å². The van der Waals surface area contributed by atoms with Crippen molar-refractivity contribution in [3.8, 4) is 0 Å². The fourth-order valence-corrected chi connectivity index (χ4v) is 1.23. The molecule has 0 aliphatic heterocycles. The highest BCUT2D eigenvalue weighted by atomic mass is 35.5. The van der Waals surface area contributed by atoms with Crippen LogP contribution in [0.3, 0.4) is 0 Å². The molecule has 0 radical (unpaired) electrons. The van der Waals surface area contributed by atoms with Crippen molar-refractivity contribution >= 4 is 17.3 Å². The van der Waals surface area contributed by atoms with E-state index in [1.807, 2.05) is 12.1 Å². The van der Waals surface area contributed by atoms with Gasteiger partial charge in [0.05, 0.1) is 17.3 Å². The highest BCUT2D eigenvalue weighted by Gasteiger charge is 2.01. The van der Waals surface area contributed by atoms with E-state index in [9.17, 15) is 0 Å². The van der Waals surface area contributed by atoms with E-state index in [0.29, 0.717) is 17.3 Å². The zero-order valence-electron chi connectivity index (χ0n) is 7.72. The molecule has 0 unspecified atom stereocenters. The summed E-state index contributed by atoms with van der Waals surface area (Å²) in [6, 6.07) is 5.58. The topological polar surface area (TPSA) is 35.2 Å². The predicted octanol–water partition coefficient (Wildman–Crippen LogP) is 2.85. The van der Waals surface area contributed by atoms with Crippen molar-refractivity contribution in [2.24, 2.45) is 0 Å². The predicted molar refractivity (Wildman–Crippen MR) is 55.8 cm³/mol. The van der Waals surface area contributed by atoms with Gasteiger partial charge in [0.1, 0.15) is 0 Å². The lowest BCUT2D eigenvalue weighted by Gasteiger charge is -2.07. The normalized spacial score (nSPS) is 10.3. The molecule has 0 saturated carbocycles. The van der Waals surface area contributed by atoms with Crippen molar-refractivity contribution in [3.63, 3.8) is 0 Å². The highest BCUT2D eigenvalue weighted by Crippen LogP contribution is 2.22. The number of anilines is 1. The van der Waals surface area contributed by atoms with Crippen LogP contribution in [0.15, 0.2) is 18.2 Å². The van der Waals surface area contributed by atoms with Gasteiger partial charge < -0.3 is 10.5 Å². The van der Waals surface area contributed by atoms with Gasteiger partial charge in [-0.2, -0.15) is 0 Å². The summed E-state index contributed by atoms with van der Waals surface area (Å²) in [5, 5.41) is 0.595. The summed E-state index contributed by atoms with van der Waals surface area (Å²) in [4.78, 5) is 0. The molecule has 1 aromatic carbocycles. The lowest BCUT2D eigenvalue weighted by atomic mass is 10.2. The first-order valence-electron chi connectivity index (χ1n) is 4.36. The first kappa shape index (κ1) is 10.4. The van der Waals surface area contributed by atoms with Gasteiger partial charge in [0.15, 0.2) is 0 Å². The van der Waals surface area contributed by atoms with Crippen LogP contribution in [0.25, 0.3) is 0 Å². The number of halogens is 1. The van der Waals surface area contributed by atoms with Crippen LogP contribution in [0.2, 0.25) is 5.02 Å². The molecule has 0 saturated heterocycles. The van der Waals surface area contributed by atoms with Crippen LogP contribution in [0.5, 0.6) is 0 Å². The molecule has 0 atom stereocenters. The molecule has 0 spiro atoms. The maximum absolute atomic E-state index is 5.85. The highest BCUT2D eigenvalue weighted by molar-refractivity contribution is 6.33. The number of ether oxygens (including phenoxy) is 1. The minimum atomic E-state index is 0.542. The molecule has 0 heterocycles.